The maximum Gasteiger partial charge on any atom is 0.305 e. The molecular weight excluding hydrogens is 418 g/mol. The number of nitrogens with zero attached hydrogens (tertiary/aromatic N) is 2. The van der Waals surface area contributed by atoms with Crippen LogP contribution in [0.2, 0.25) is 0 Å². The molecule has 33 heavy (non-hydrogen) atoms. The molecule has 7 heteroatoms. The molecule has 2 aromatic carbocycles. The third kappa shape index (κ3) is 6.84. The summed E-state index contributed by atoms with van der Waals surface area (Å²) in [5.41, 5.74) is 2.37. The first-order valence-corrected chi connectivity index (χ1v) is 11.1. The van der Waals surface area contributed by atoms with Gasteiger partial charge in [-0.15, -0.1) is 6.42 Å². The van der Waals surface area contributed by atoms with Crippen molar-refractivity contribution < 1.29 is 19.0 Å². The van der Waals surface area contributed by atoms with E-state index in [4.69, 9.17) is 20.6 Å². The quantitative estimate of drug-likeness (QED) is 0.230. The van der Waals surface area contributed by atoms with Crippen LogP contribution in [0.1, 0.15) is 44.6 Å². The van der Waals surface area contributed by atoms with E-state index in [1.165, 1.54) is 6.33 Å². The van der Waals surface area contributed by atoms with Crippen LogP contribution in [0.5, 0.6) is 11.5 Å². The van der Waals surface area contributed by atoms with Crippen LogP contribution in [0.25, 0.3) is 10.9 Å². The lowest BCUT2D eigenvalue weighted by Gasteiger charge is -2.14. The molecule has 0 radical (unpaired) electrons. The fourth-order valence-electron chi connectivity index (χ4n) is 3.40. The Hall–Kier alpha value is -3.79. The number of fused-ring (bicyclic) bond motifs is 1. The number of carbonyl (C=O) groups is 1. The largest absolute Gasteiger partial charge is 0.493 e. The first kappa shape index (κ1) is 23.9. The molecule has 0 spiro atoms. The summed E-state index contributed by atoms with van der Waals surface area (Å²) in [7, 11) is 1.61. The number of methoxy groups -OCH3 is 1. The number of terminal acetylenes is 1. The third-order valence-corrected chi connectivity index (χ3v) is 5.05. The van der Waals surface area contributed by atoms with Crippen molar-refractivity contribution in [3.63, 3.8) is 0 Å². The molecule has 0 saturated heterocycles. The summed E-state index contributed by atoms with van der Waals surface area (Å²) in [6.45, 7) is 2.80. The van der Waals surface area contributed by atoms with Gasteiger partial charge in [0.25, 0.3) is 0 Å². The van der Waals surface area contributed by atoms with Crippen molar-refractivity contribution in [1.29, 1.82) is 0 Å². The number of anilines is 2. The van der Waals surface area contributed by atoms with Crippen molar-refractivity contribution in [2.24, 2.45) is 0 Å². The Morgan fingerprint density at radius 2 is 1.94 bits per heavy atom. The molecule has 0 bridgehead atoms. The summed E-state index contributed by atoms with van der Waals surface area (Å²) in [5.74, 6) is 4.40. The normalized spacial score (nSPS) is 10.5. The van der Waals surface area contributed by atoms with E-state index < -0.39 is 0 Å². The second kappa shape index (κ2) is 12.3. The number of ether oxygens (including phenoxy) is 3. The monoisotopic (exact) mass is 447 g/mol. The lowest BCUT2D eigenvalue weighted by atomic mass is 10.1. The summed E-state index contributed by atoms with van der Waals surface area (Å²) in [5, 5.41) is 4.12. The zero-order chi connectivity index (χ0) is 23.5. The number of rotatable bonds is 12. The van der Waals surface area contributed by atoms with Gasteiger partial charge in [-0.1, -0.05) is 24.8 Å². The Labute approximate surface area is 194 Å². The topological polar surface area (TPSA) is 82.6 Å². The van der Waals surface area contributed by atoms with Crippen LogP contribution in [0.15, 0.2) is 42.7 Å². The number of aromatic nitrogens is 2. The summed E-state index contributed by atoms with van der Waals surface area (Å²) in [6.07, 6.45) is 11.1. The first-order valence-electron chi connectivity index (χ1n) is 11.1. The number of nitrogens with one attached hydrogen (secondary N) is 1. The van der Waals surface area contributed by atoms with Crippen LogP contribution in [0.4, 0.5) is 11.5 Å². The summed E-state index contributed by atoms with van der Waals surface area (Å²) in [4.78, 5) is 20.1. The number of unbranched alkanes of at least 4 members (excludes halogenated alkanes) is 3. The molecule has 7 nitrogen and oxygen atoms in total. The van der Waals surface area contributed by atoms with E-state index in [0.29, 0.717) is 37.0 Å². The smallest absolute Gasteiger partial charge is 0.305 e. The van der Waals surface area contributed by atoms with Crippen molar-refractivity contribution in [3.8, 4) is 23.8 Å². The van der Waals surface area contributed by atoms with E-state index in [2.05, 4.69) is 21.2 Å². The maximum absolute atomic E-state index is 11.4. The Bertz CT molecular complexity index is 1120. The maximum atomic E-state index is 11.4. The van der Waals surface area contributed by atoms with Crippen LogP contribution >= 0.6 is 0 Å². The second-order valence-corrected chi connectivity index (χ2v) is 7.41. The van der Waals surface area contributed by atoms with Crippen LogP contribution in [-0.4, -0.2) is 36.3 Å². The van der Waals surface area contributed by atoms with E-state index in [0.717, 1.165) is 47.8 Å². The van der Waals surface area contributed by atoms with Gasteiger partial charge in [0.05, 0.1) is 25.8 Å². The lowest BCUT2D eigenvalue weighted by Crippen LogP contribution is -2.03. The summed E-state index contributed by atoms with van der Waals surface area (Å²) in [6, 6.07) is 11.3. The highest BCUT2D eigenvalue weighted by atomic mass is 16.5. The third-order valence-electron chi connectivity index (χ3n) is 5.05. The van der Waals surface area contributed by atoms with Crippen LogP contribution in [0, 0.1) is 12.3 Å². The Morgan fingerprint density at radius 3 is 2.73 bits per heavy atom. The Kier molecular flexibility index (Phi) is 8.89. The predicted molar refractivity (Wildman–Crippen MR) is 129 cm³/mol. The summed E-state index contributed by atoms with van der Waals surface area (Å²) >= 11 is 0. The number of carbonyl (C=O) groups excluding carboxylic acids is 1. The van der Waals surface area contributed by atoms with Crippen molar-refractivity contribution in [3.05, 3.63) is 48.3 Å². The fourth-order valence-corrected chi connectivity index (χ4v) is 3.40. The molecule has 172 valence electrons. The highest BCUT2D eigenvalue weighted by molar-refractivity contribution is 5.93. The van der Waals surface area contributed by atoms with Gasteiger partial charge in [-0.25, -0.2) is 9.97 Å². The van der Waals surface area contributed by atoms with E-state index in [1.807, 2.05) is 43.3 Å². The molecule has 0 unspecified atom stereocenters. The van der Waals surface area contributed by atoms with Gasteiger partial charge in [0.15, 0.2) is 11.5 Å². The summed E-state index contributed by atoms with van der Waals surface area (Å²) < 4.78 is 16.5. The van der Waals surface area contributed by atoms with Crippen molar-refractivity contribution in [2.45, 2.75) is 39.0 Å². The zero-order valence-electron chi connectivity index (χ0n) is 19.1. The second-order valence-electron chi connectivity index (χ2n) is 7.41. The average Bonchev–Trinajstić information content (AvgIpc) is 2.83. The van der Waals surface area contributed by atoms with E-state index >= 15 is 0 Å². The van der Waals surface area contributed by atoms with E-state index in [1.54, 1.807) is 7.11 Å². The number of hydrogen-bond donors (Lipinski definition) is 1. The standard InChI is InChI=1S/C26H29N3O4/c1-4-19-11-10-12-20(15-19)29-26-21-16-23(31-3)24(17-22(21)27-18-28-26)33-14-9-7-6-8-13-25(30)32-5-2/h1,10-12,15-18H,5-9,13-14H2,2-3H3,(H,27,28,29). The molecule has 3 aromatic rings. The molecule has 0 aliphatic carbocycles. The average molecular weight is 448 g/mol. The van der Waals surface area contributed by atoms with E-state index in [9.17, 15) is 4.79 Å². The number of benzene rings is 2. The van der Waals surface area contributed by atoms with Crippen molar-refractivity contribution in [1.82, 2.24) is 9.97 Å². The van der Waals surface area contributed by atoms with Gasteiger partial charge in [0.2, 0.25) is 0 Å². The highest BCUT2D eigenvalue weighted by Crippen LogP contribution is 2.35. The van der Waals surface area contributed by atoms with Gasteiger partial charge in [-0.2, -0.15) is 0 Å². The number of esters is 1. The molecule has 1 heterocycles. The molecular formula is C26H29N3O4. The SMILES string of the molecule is C#Cc1cccc(Nc2ncnc3cc(OCCCCCCC(=O)OCC)c(OC)cc23)c1. The number of hydrogen-bond acceptors (Lipinski definition) is 7. The fraction of sp³-hybridized carbons (Fsp3) is 0.346. The minimum absolute atomic E-state index is 0.130. The zero-order valence-corrected chi connectivity index (χ0v) is 19.1. The molecule has 0 atom stereocenters. The van der Waals surface area contributed by atoms with Gasteiger partial charge < -0.3 is 19.5 Å². The predicted octanol–water partition coefficient (Wildman–Crippen LogP) is 5.26. The molecule has 0 amide bonds. The Morgan fingerprint density at radius 1 is 1.09 bits per heavy atom. The van der Waals surface area contributed by atoms with Crippen LogP contribution in [-0.2, 0) is 9.53 Å². The minimum atomic E-state index is -0.130. The molecule has 1 aromatic heterocycles. The first-order chi connectivity index (χ1) is 16.1. The minimum Gasteiger partial charge on any atom is -0.493 e. The van der Waals surface area contributed by atoms with Gasteiger partial charge in [-0.3, -0.25) is 4.79 Å². The highest BCUT2D eigenvalue weighted by Gasteiger charge is 2.12. The van der Waals surface area contributed by atoms with Crippen LogP contribution < -0.4 is 14.8 Å². The molecule has 0 aliphatic rings. The van der Waals surface area contributed by atoms with Gasteiger partial charge in [-0.05, 0) is 44.0 Å². The van der Waals surface area contributed by atoms with Crippen molar-refractivity contribution in [2.75, 3.05) is 25.6 Å². The van der Waals surface area contributed by atoms with Crippen LogP contribution in [0.3, 0.4) is 0 Å². The molecule has 3 rings (SSSR count). The Balaban J connectivity index is 1.62. The molecule has 0 fully saturated rings. The van der Waals surface area contributed by atoms with E-state index in [-0.39, 0.29) is 5.97 Å². The van der Waals surface area contributed by atoms with Gasteiger partial charge >= 0.3 is 5.97 Å². The lowest BCUT2D eigenvalue weighted by molar-refractivity contribution is -0.143. The van der Waals surface area contributed by atoms with Crippen molar-refractivity contribution >= 4 is 28.4 Å². The molecule has 0 saturated carbocycles. The van der Waals surface area contributed by atoms with Gasteiger partial charge in [0.1, 0.15) is 12.1 Å². The van der Waals surface area contributed by atoms with Gasteiger partial charge in [0, 0.05) is 29.1 Å². The molecule has 0 aliphatic heterocycles. The molecule has 1 N–H and O–H groups in total.